The number of carbonyl (C=O) groups excluding carboxylic acids is 1. The van der Waals surface area contributed by atoms with E-state index in [1.165, 1.54) is 37.7 Å². The monoisotopic (exact) mass is 523 g/mol. The van der Waals surface area contributed by atoms with Gasteiger partial charge in [-0.3, -0.25) is 4.79 Å². The van der Waals surface area contributed by atoms with Gasteiger partial charge in [0.05, 0.1) is 17.0 Å². The molecule has 3 heterocycles. The number of aromatic nitrogens is 2. The van der Waals surface area contributed by atoms with Gasteiger partial charge < -0.3 is 9.47 Å². The summed E-state index contributed by atoms with van der Waals surface area (Å²) in [6, 6.07) is 23.7. The molecule has 4 aromatic rings. The Kier molecular flexibility index (Phi) is 7.46. The average molecular weight is 524 g/mol. The van der Waals surface area contributed by atoms with E-state index in [1.54, 1.807) is 11.3 Å². The number of hydrogen-bond donors (Lipinski definition) is 0. The lowest BCUT2D eigenvalue weighted by molar-refractivity contribution is 0.0689. The van der Waals surface area contributed by atoms with Crippen molar-refractivity contribution >= 4 is 17.2 Å². The molecule has 1 aliphatic carbocycles. The van der Waals surface area contributed by atoms with Crippen LogP contribution in [0.25, 0.3) is 22.0 Å². The second-order valence-electron chi connectivity index (χ2n) is 11.0. The molecule has 0 unspecified atom stereocenters. The van der Waals surface area contributed by atoms with Gasteiger partial charge in [-0.2, -0.15) is 0 Å². The predicted octanol–water partition coefficient (Wildman–Crippen LogP) is 8.19. The van der Waals surface area contributed by atoms with Crippen molar-refractivity contribution in [1.82, 2.24) is 14.5 Å². The first kappa shape index (κ1) is 25.1. The van der Waals surface area contributed by atoms with Crippen LogP contribution >= 0.6 is 11.3 Å². The summed E-state index contributed by atoms with van der Waals surface area (Å²) in [5, 5.41) is 3.20. The molecule has 0 spiro atoms. The highest BCUT2D eigenvalue weighted by Gasteiger charge is 2.30. The first-order chi connectivity index (χ1) is 18.7. The second kappa shape index (κ2) is 11.3. The van der Waals surface area contributed by atoms with E-state index in [-0.39, 0.29) is 5.91 Å². The third-order valence-corrected chi connectivity index (χ3v) is 9.41. The molecule has 1 saturated carbocycles. The van der Waals surface area contributed by atoms with Gasteiger partial charge in [0.15, 0.2) is 0 Å². The summed E-state index contributed by atoms with van der Waals surface area (Å²) in [6.07, 6.45) is 9.43. The second-order valence-corrected chi connectivity index (χ2v) is 11.9. The van der Waals surface area contributed by atoms with Crippen LogP contribution in [-0.4, -0.2) is 33.4 Å². The first-order valence-electron chi connectivity index (χ1n) is 14.2. The molecule has 2 aromatic heterocycles. The fourth-order valence-corrected chi connectivity index (χ4v) is 7.23. The third-order valence-electron chi connectivity index (χ3n) is 8.52. The van der Waals surface area contributed by atoms with Crippen molar-refractivity contribution in [2.75, 3.05) is 13.1 Å². The van der Waals surface area contributed by atoms with Gasteiger partial charge in [0.2, 0.25) is 0 Å². The molecule has 0 atom stereocenters. The van der Waals surface area contributed by atoms with E-state index in [2.05, 4.69) is 82.4 Å². The fraction of sp³-hybridized carbons (Fsp3) is 0.394. The minimum atomic E-state index is 0.190. The minimum Gasteiger partial charge on any atom is -0.340 e. The molecule has 6 rings (SSSR count). The minimum absolute atomic E-state index is 0.190. The number of hydrogen-bond acceptors (Lipinski definition) is 3. The maximum atomic E-state index is 13.9. The molecule has 2 aromatic carbocycles. The molecule has 5 heteroatoms. The van der Waals surface area contributed by atoms with Crippen molar-refractivity contribution in [3.63, 3.8) is 0 Å². The Labute approximate surface area is 230 Å². The van der Waals surface area contributed by atoms with Crippen LogP contribution in [0.1, 0.15) is 72.6 Å². The molecular weight excluding hydrogens is 486 g/mol. The van der Waals surface area contributed by atoms with Crippen LogP contribution < -0.4 is 0 Å². The first-order valence-corrected chi connectivity index (χ1v) is 15.1. The maximum absolute atomic E-state index is 13.9. The summed E-state index contributed by atoms with van der Waals surface area (Å²) in [7, 11) is 0. The van der Waals surface area contributed by atoms with Gasteiger partial charge in [-0.05, 0) is 56.6 Å². The van der Waals surface area contributed by atoms with Crippen LogP contribution in [0.2, 0.25) is 0 Å². The maximum Gasteiger partial charge on any atom is 0.255 e. The van der Waals surface area contributed by atoms with Crippen LogP contribution in [-0.2, 0) is 6.42 Å². The van der Waals surface area contributed by atoms with Gasteiger partial charge in [0.25, 0.3) is 5.91 Å². The van der Waals surface area contributed by atoms with Crippen molar-refractivity contribution in [2.45, 2.75) is 64.3 Å². The highest BCUT2D eigenvalue weighted by Crippen LogP contribution is 2.38. The zero-order chi connectivity index (χ0) is 25.9. The topological polar surface area (TPSA) is 38.1 Å². The number of carbonyl (C=O) groups is 1. The molecule has 4 nitrogen and oxygen atoms in total. The molecule has 1 amide bonds. The number of thiazole rings is 1. The zero-order valence-electron chi connectivity index (χ0n) is 22.3. The van der Waals surface area contributed by atoms with Gasteiger partial charge in [0, 0.05) is 35.8 Å². The van der Waals surface area contributed by atoms with E-state index in [1.807, 2.05) is 6.07 Å². The molecule has 0 bridgehead atoms. The Hall–Kier alpha value is -3.18. The molecule has 2 aliphatic rings. The predicted molar refractivity (Wildman–Crippen MR) is 157 cm³/mol. The van der Waals surface area contributed by atoms with Crippen LogP contribution in [0.15, 0.2) is 72.1 Å². The summed E-state index contributed by atoms with van der Waals surface area (Å²) < 4.78 is 2.46. The highest BCUT2D eigenvalue weighted by molar-refractivity contribution is 7.13. The summed E-state index contributed by atoms with van der Waals surface area (Å²) in [5.74, 6) is 0.839. The standard InChI is InChI=1S/C33H37N3OS/c1-24-29(33(37)35-19-17-26(18-20-35)21-25-11-5-2-6-12-25)22-31(36(24)28-15-9-4-10-16-28)30-23-38-32(34-30)27-13-7-3-8-14-27/h2-3,5-8,11-14,22-23,26,28H,4,9-10,15-21H2,1H3. The molecule has 1 saturated heterocycles. The van der Waals surface area contributed by atoms with E-state index in [0.29, 0.717) is 12.0 Å². The van der Waals surface area contributed by atoms with Crippen molar-refractivity contribution in [3.05, 3.63) is 88.9 Å². The lowest BCUT2D eigenvalue weighted by atomic mass is 9.90. The summed E-state index contributed by atoms with van der Waals surface area (Å²) >= 11 is 1.69. The van der Waals surface area contributed by atoms with Gasteiger partial charge in [0.1, 0.15) is 5.01 Å². The van der Waals surface area contributed by atoms with Crippen molar-refractivity contribution in [1.29, 1.82) is 0 Å². The molecule has 196 valence electrons. The van der Waals surface area contributed by atoms with Crippen molar-refractivity contribution in [2.24, 2.45) is 5.92 Å². The SMILES string of the molecule is Cc1c(C(=O)N2CCC(Cc3ccccc3)CC2)cc(-c2csc(-c3ccccc3)n2)n1C1CCCCC1. The number of benzene rings is 2. The van der Waals surface area contributed by atoms with Crippen LogP contribution in [0, 0.1) is 12.8 Å². The van der Waals surface area contributed by atoms with Crippen molar-refractivity contribution in [3.8, 4) is 22.0 Å². The van der Waals surface area contributed by atoms with E-state index >= 15 is 0 Å². The van der Waals surface area contributed by atoms with Crippen LogP contribution in [0.5, 0.6) is 0 Å². The van der Waals surface area contributed by atoms with E-state index in [0.717, 1.165) is 65.6 Å². The zero-order valence-corrected chi connectivity index (χ0v) is 23.1. The van der Waals surface area contributed by atoms with Gasteiger partial charge in [-0.1, -0.05) is 79.9 Å². The smallest absolute Gasteiger partial charge is 0.255 e. The van der Waals surface area contributed by atoms with Gasteiger partial charge in [-0.15, -0.1) is 11.3 Å². The summed E-state index contributed by atoms with van der Waals surface area (Å²) in [4.78, 5) is 21.0. The number of rotatable bonds is 6. The number of amides is 1. The number of likely N-dealkylation sites (tertiary alicyclic amines) is 1. The normalized spacial score (nSPS) is 17.1. The molecule has 1 aliphatic heterocycles. The van der Waals surface area contributed by atoms with E-state index in [9.17, 15) is 4.79 Å². The van der Waals surface area contributed by atoms with Gasteiger partial charge >= 0.3 is 0 Å². The fourth-order valence-electron chi connectivity index (χ4n) is 6.41. The Morgan fingerprint density at radius 3 is 2.32 bits per heavy atom. The Bertz CT molecular complexity index is 1360. The molecular formula is C33H37N3OS. The Morgan fingerprint density at radius 2 is 1.61 bits per heavy atom. The van der Waals surface area contributed by atoms with Gasteiger partial charge in [-0.25, -0.2) is 4.98 Å². The Morgan fingerprint density at radius 1 is 0.921 bits per heavy atom. The van der Waals surface area contributed by atoms with E-state index < -0.39 is 0 Å². The quantitative estimate of drug-likeness (QED) is 0.255. The lowest BCUT2D eigenvalue weighted by Gasteiger charge is -2.32. The molecule has 0 N–H and O–H groups in total. The number of nitrogens with zero attached hydrogens (tertiary/aromatic N) is 3. The summed E-state index contributed by atoms with van der Waals surface area (Å²) in [5.41, 5.74) is 6.61. The molecule has 0 radical (unpaired) electrons. The molecule has 2 fully saturated rings. The summed E-state index contributed by atoms with van der Waals surface area (Å²) in [6.45, 7) is 3.83. The Balaban J connectivity index is 1.25. The van der Waals surface area contributed by atoms with Crippen molar-refractivity contribution < 1.29 is 4.79 Å². The third kappa shape index (κ3) is 5.22. The largest absolute Gasteiger partial charge is 0.340 e. The number of piperidine rings is 1. The van der Waals surface area contributed by atoms with E-state index in [4.69, 9.17) is 4.98 Å². The highest BCUT2D eigenvalue weighted by atomic mass is 32.1. The van der Waals surface area contributed by atoms with Crippen LogP contribution in [0.4, 0.5) is 0 Å². The lowest BCUT2D eigenvalue weighted by Crippen LogP contribution is -2.39. The average Bonchev–Trinajstić information content (AvgIpc) is 3.60. The van der Waals surface area contributed by atoms with Crippen LogP contribution in [0.3, 0.4) is 0 Å². The molecule has 38 heavy (non-hydrogen) atoms.